The van der Waals surface area contributed by atoms with Crippen LogP contribution in [0.2, 0.25) is 0 Å². The highest BCUT2D eigenvalue weighted by molar-refractivity contribution is 5.93. The zero-order valence-corrected chi connectivity index (χ0v) is 32.4. The Hall–Kier alpha value is -7.22. The Balaban J connectivity index is 0.876. The van der Waals surface area contributed by atoms with Crippen molar-refractivity contribution in [2.24, 2.45) is 0 Å². The summed E-state index contributed by atoms with van der Waals surface area (Å²) in [5.74, 6) is 0.301. The molecule has 0 saturated carbocycles. The minimum absolute atomic E-state index is 0.301. The summed E-state index contributed by atoms with van der Waals surface area (Å²) in [5.41, 5.74) is 9.86. The SMILES string of the molecule is C(=Cc1ccc(N(c2ccc3ccccc3c2)c2ccc3ccccc3c2)cc1)c1ccc(CCC(c2ccc3ccccc3c2)c2ccc3ccccc3c2)cc1. The van der Waals surface area contributed by atoms with Gasteiger partial charge in [-0.2, -0.15) is 0 Å². The van der Waals surface area contributed by atoms with E-state index >= 15 is 0 Å². The third-order valence-electron chi connectivity index (χ3n) is 11.7. The van der Waals surface area contributed by atoms with E-state index < -0.39 is 0 Å². The Bertz CT molecular complexity index is 2910. The monoisotopic (exact) mass is 741 g/mol. The van der Waals surface area contributed by atoms with E-state index in [0.29, 0.717) is 5.92 Å². The Morgan fingerprint density at radius 1 is 0.328 bits per heavy atom. The molecule has 0 heterocycles. The maximum atomic E-state index is 2.39. The summed E-state index contributed by atoms with van der Waals surface area (Å²) in [6.45, 7) is 0. The summed E-state index contributed by atoms with van der Waals surface area (Å²) in [6.07, 6.45) is 6.47. The normalized spacial score (nSPS) is 11.7. The molecule has 58 heavy (non-hydrogen) atoms. The highest BCUT2D eigenvalue weighted by Gasteiger charge is 2.17. The average molecular weight is 742 g/mol. The van der Waals surface area contributed by atoms with Crippen LogP contribution in [0.5, 0.6) is 0 Å². The second-order valence-corrected chi connectivity index (χ2v) is 15.4. The van der Waals surface area contributed by atoms with E-state index in [-0.39, 0.29) is 0 Å². The van der Waals surface area contributed by atoms with E-state index in [4.69, 9.17) is 0 Å². The predicted octanol–water partition coefficient (Wildman–Crippen LogP) is 15.7. The van der Waals surface area contributed by atoms with Gasteiger partial charge in [0.05, 0.1) is 0 Å². The van der Waals surface area contributed by atoms with Crippen molar-refractivity contribution in [2.75, 3.05) is 4.90 Å². The number of fused-ring (bicyclic) bond motifs is 4. The lowest BCUT2D eigenvalue weighted by Crippen LogP contribution is -2.09. The number of benzene rings is 10. The fourth-order valence-corrected chi connectivity index (χ4v) is 8.49. The fraction of sp³-hybridized carbons (Fsp3) is 0.0526. The van der Waals surface area contributed by atoms with Crippen molar-refractivity contribution in [2.45, 2.75) is 18.8 Å². The summed E-state index contributed by atoms with van der Waals surface area (Å²) in [4.78, 5) is 2.36. The summed E-state index contributed by atoms with van der Waals surface area (Å²) in [5, 5.41) is 10.1. The molecule has 0 amide bonds. The molecule has 10 aromatic carbocycles. The lowest BCUT2D eigenvalue weighted by atomic mass is 9.84. The van der Waals surface area contributed by atoms with E-state index in [1.165, 1.54) is 70.9 Å². The van der Waals surface area contributed by atoms with Gasteiger partial charge in [0.2, 0.25) is 0 Å². The van der Waals surface area contributed by atoms with Gasteiger partial charge in [0, 0.05) is 23.0 Å². The molecule has 0 unspecified atom stereocenters. The van der Waals surface area contributed by atoms with Crippen molar-refractivity contribution in [3.63, 3.8) is 0 Å². The molecule has 0 aliphatic carbocycles. The predicted molar refractivity (Wildman–Crippen MR) is 250 cm³/mol. The molecule has 0 aromatic heterocycles. The van der Waals surface area contributed by atoms with E-state index in [1.54, 1.807) is 0 Å². The van der Waals surface area contributed by atoms with Crippen LogP contribution in [-0.4, -0.2) is 0 Å². The molecule has 10 aromatic rings. The van der Waals surface area contributed by atoms with E-state index in [9.17, 15) is 0 Å². The number of rotatable bonds is 10. The molecule has 0 atom stereocenters. The Morgan fingerprint density at radius 2 is 0.690 bits per heavy atom. The third-order valence-corrected chi connectivity index (χ3v) is 11.7. The van der Waals surface area contributed by atoms with Gasteiger partial charge in [0.15, 0.2) is 0 Å². The quantitative estimate of drug-likeness (QED) is 0.126. The zero-order chi connectivity index (χ0) is 38.7. The van der Waals surface area contributed by atoms with Crippen LogP contribution in [0.3, 0.4) is 0 Å². The molecule has 0 aliphatic rings. The molecular weight excluding hydrogens is 699 g/mol. The number of hydrogen-bond acceptors (Lipinski definition) is 1. The highest BCUT2D eigenvalue weighted by Crippen LogP contribution is 2.38. The highest BCUT2D eigenvalue weighted by atomic mass is 15.1. The Kier molecular flexibility index (Phi) is 9.55. The van der Waals surface area contributed by atoms with E-state index in [0.717, 1.165) is 29.9 Å². The minimum Gasteiger partial charge on any atom is -0.310 e. The van der Waals surface area contributed by atoms with E-state index in [1.807, 2.05) is 0 Å². The van der Waals surface area contributed by atoms with Gasteiger partial charge in [-0.05, 0) is 120 Å². The van der Waals surface area contributed by atoms with Crippen LogP contribution in [0.25, 0.3) is 55.2 Å². The van der Waals surface area contributed by atoms with Crippen LogP contribution in [0.1, 0.15) is 40.2 Å². The molecule has 1 nitrogen and oxygen atoms in total. The zero-order valence-electron chi connectivity index (χ0n) is 32.4. The van der Waals surface area contributed by atoms with Crippen LogP contribution in [-0.2, 0) is 6.42 Å². The standard InChI is InChI=1S/C57H43N/c1-5-13-48-37-52(28-26-44(48)9-1)57(53-29-27-45-10-2-6-14-49(45)38-53)36-25-42-20-17-41(18-21-42)19-22-43-23-32-54(33-24-43)58(55-34-30-46-11-3-7-15-50(46)39-55)56-35-31-47-12-4-8-16-51(47)40-56/h1-24,26-35,37-40,57H,25,36H2. The first-order valence-electron chi connectivity index (χ1n) is 20.3. The van der Waals surface area contributed by atoms with Crippen molar-refractivity contribution < 1.29 is 0 Å². The van der Waals surface area contributed by atoms with E-state index in [2.05, 4.69) is 235 Å². The average Bonchev–Trinajstić information content (AvgIpc) is 3.29. The minimum atomic E-state index is 0.301. The lowest BCUT2D eigenvalue weighted by molar-refractivity contribution is 0.717. The molecule has 0 saturated heterocycles. The molecule has 0 fully saturated rings. The molecule has 10 rings (SSSR count). The fourth-order valence-electron chi connectivity index (χ4n) is 8.49. The molecule has 276 valence electrons. The number of aryl methyl sites for hydroxylation is 1. The molecule has 0 radical (unpaired) electrons. The second kappa shape index (κ2) is 15.7. The third kappa shape index (κ3) is 7.39. The Morgan fingerprint density at radius 3 is 1.14 bits per heavy atom. The van der Waals surface area contributed by atoms with Crippen molar-refractivity contribution in [1.29, 1.82) is 0 Å². The number of hydrogen-bond donors (Lipinski definition) is 0. The molecule has 0 aliphatic heterocycles. The van der Waals surface area contributed by atoms with Gasteiger partial charge in [0.25, 0.3) is 0 Å². The van der Waals surface area contributed by atoms with Crippen LogP contribution >= 0.6 is 0 Å². The molecule has 0 spiro atoms. The molecular formula is C57H43N. The molecule has 0 N–H and O–H groups in total. The van der Waals surface area contributed by atoms with Gasteiger partial charge in [-0.1, -0.05) is 194 Å². The summed E-state index contributed by atoms with van der Waals surface area (Å²) in [7, 11) is 0. The second-order valence-electron chi connectivity index (χ2n) is 15.4. The number of nitrogens with zero attached hydrogens (tertiary/aromatic N) is 1. The van der Waals surface area contributed by atoms with Crippen LogP contribution in [0.15, 0.2) is 218 Å². The van der Waals surface area contributed by atoms with Crippen LogP contribution in [0, 0.1) is 0 Å². The van der Waals surface area contributed by atoms with Gasteiger partial charge in [0.1, 0.15) is 0 Å². The van der Waals surface area contributed by atoms with Crippen molar-refractivity contribution >= 4 is 72.3 Å². The topological polar surface area (TPSA) is 3.24 Å². The maximum absolute atomic E-state index is 2.39. The summed E-state index contributed by atoms with van der Waals surface area (Å²) < 4.78 is 0. The first-order chi connectivity index (χ1) is 28.7. The smallest absolute Gasteiger partial charge is 0.0468 e. The maximum Gasteiger partial charge on any atom is 0.0468 e. The molecule has 0 bridgehead atoms. The summed E-state index contributed by atoms with van der Waals surface area (Å²) in [6, 6.07) is 79.9. The number of anilines is 3. The largest absolute Gasteiger partial charge is 0.310 e. The van der Waals surface area contributed by atoms with Gasteiger partial charge in [-0.25, -0.2) is 0 Å². The van der Waals surface area contributed by atoms with Crippen LogP contribution < -0.4 is 4.90 Å². The van der Waals surface area contributed by atoms with Gasteiger partial charge in [-0.3, -0.25) is 0 Å². The van der Waals surface area contributed by atoms with Crippen molar-refractivity contribution in [1.82, 2.24) is 0 Å². The molecule has 1 heteroatoms. The lowest BCUT2D eigenvalue weighted by Gasteiger charge is -2.26. The van der Waals surface area contributed by atoms with Crippen molar-refractivity contribution in [3.05, 3.63) is 246 Å². The van der Waals surface area contributed by atoms with Gasteiger partial charge in [-0.15, -0.1) is 0 Å². The van der Waals surface area contributed by atoms with Gasteiger partial charge < -0.3 is 4.90 Å². The first-order valence-corrected chi connectivity index (χ1v) is 20.3. The van der Waals surface area contributed by atoms with Crippen molar-refractivity contribution in [3.8, 4) is 0 Å². The van der Waals surface area contributed by atoms with Gasteiger partial charge >= 0.3 is 0 Å². The summed E-state index contributed by atoms with van der Waals surface area (Å²) >= 11 is 0. The first kappa shape index (κ1) is 35.2. The van der Waals surface area contributed by atoms with Crippen LogP contribution in [0.4, 0.5) is 17.1 Å². The Labute approximate surface area is 340 Å².